The van der Waals surface area contributed by atoms with Gasteiger partial charge < -0.3 is 5.32 Å². The number of hydrogen-bond donors (Lipinski definition) is 1. The molecule has 4 aromatic rings. The number of thioether (sulfide) groups is 1. The lowest BCUT2D eigenvalue weighted by Gasteiger charge is -2.13. The Labute approximate surface area is 204 Å². The van der Waals surface area contributed by atoms with Crippen LogP contribution in [0.3, 0.4) is 0 Å². The van der Waals surface area contributed by atoms with Gasteiger partial charge in [0.05, 0.1) is 17.7 Å². The minimum absolute atomic E-state index is 0.0387. The van der Waals surface area contributed by atoms with E-state index in [4.69, 9.17) is 4.98 Å². The molecule has 0 unspecified atom stereocenters. The van der Waals surface area contributed by atoms with Crippen LogP contribution in [0.15, 0.2) is 57.8 Å². The highest BCUT2D eigenvalue weighted by atomic mass is 32.2. The van der Waals surface area contributed by atoms with Crippen molar-refractivity contribution in [3.8, 4) is 0 Å². The molecule has 0 atom stereocenters. The smallest absolute Gasteiger partial charge is 0.263 e. The van der Waals surface area contributed by atoms with E-state index in [1.807, 2.05) is 35.7 Å². The average molecular weight is 496 g/mol. The molecular formula is C25H25N3O2S3. The van der Waals surface area contributed by atoms with Crippen molar-refractivity contribution in [1.29, 1.82) is 0 Å². The molecule has 0 fully saturated rings. The molecule has 0 saturated heterocycles. The second kappa shape index (κ2) is 10.2. The number of rotatable bonds is 8. The highest BCUT2D eigenvalue weighted by Crippen LogP contribution is 2.34. The lowest BCUT2D eigenvalue weighted by atomic mass is 9.97. The number of thiophene rings is 2. The SMILES string of the molecule is O=C(CSc1nc2sc3c(c2c(=O)n1CCc1ccccc1)CCCC3)NCc1cccs1. The zero-order valence-corrected chi connectivity index (χ0v) is 20.7. The number of carbonyl (C=O) groups is 1. The van der Waals surface area contributed by atoms with E-state index in [0.29, 0.717) is 18.2 Å². The summed E-state index contributed by atoms with van der Waals surface area (Å²) in [5.41, 5.74) is 2.43. The lowest BCUT2D eigenvalue weighted by Crippen LogP contribution is -2.27. The minimum atomic E-state index is -0.0529. The normalized spacial score (nSPS) is 13.2. The van der Waals surface area contributed by atoms with Gasteiger partial charge >= 0.3 is 0 Å². The summed E-state index contributed by atoms with van der Waals surface area (Å²) < 4.78 is 1.79. The van der Waals surface area contributed by atoms with E-state index in [1.165, 1.54) is 34.2 Å². The van der Waals surface area contributed by atoms with E-state index in [-0.39, 0.29) is 17.2 Å². The Hall–Kier alpha value is -2.42. The summed E-state index contributed by atoms with van der Waals surface area (Å²) in [6.07, 6.45) is 5.05. The van der Waals surface area contributed by atoms with Crippen LogP contribution >= 0.6 is 34.4 Å². The lowest BCUT2D eigenvalue weighted by molar-refractivity contribution is -0.118. The Bertz CT molecular complexity index is 1310. The number of aryl methyl sites for hydroxylation is 3. The van der Waals surface area contributed by atoms with E-state index >= 15 is 0 Å². The fourth-order valence-electron chi connectivity index (χ4n) is 4.19. The summed E-state index contributed by atoms with van der Waals surface area (Å²) in [5, 5.41) is 6.40. The fourth-order valence-corrected chi connectivity index (χ4v) is 7.00. The molecule has 0 spiro atoms. The summed E-state index contributed by atoms with van der Waals surface area (Å²) in [7, 11) is 0. The molecular weight excluding hydrogens is 470 g/mol. The molecule has 8 heteroatoms. The molecule has 33 heavy (non-hydrogen) atoms. The van der Waals surface area contributed by atoms with Crippen molar-refractivity contribution < 1.29 is 4.79 Å². The van der Waals surface area contributed by atoms with Gasteiger partial charge in [0, 0.05) is 16.3 Å². The molecule has 1 N–H and O–H groups in total. The van der Waals surface area contributed by atoms with Crippen LogP contribution in [0, 0.1) is 0 Å². The molecule has 0 bridgehead atoms. The van der Waals surface area contributed by atoms with Crippen LogP contribution in [0.1, 0.15) is 33.7 Å². The molecule has 5 rings (SSSR count). The van der Waals surface area contributed by atoms with Crippen LogP contribution in [0.5, 0.6) is 0 Å². The van der Waals surface area contributed by atoms with Crippen molar-refractivity contribution in [3.05, 3.63) is 79.1 Å². The third-order valence-corrected chi connectivity index (χ3v) is 8.92. The first-order chi connectivity index (χ1) is 16.2. The molecule has 3 aromatic heterocycles. The fraction of sp³-hybridized carbons (Fsp3) is 0.320. The van der Waals surface area contributed by atoms with Crippen molar-refractivity contribution in [3.63, 3.8) is 0 Å². The first kappa shape index (κ1) is 22.4. The summed E-state index contributed by atoms with van der Waals surface area (Å²) in [6, 6.07) is 14.2. The van der Waals surface area contributed by atoms with Crippen LogP contribution in [-0.4, -0.2) is 21.2 Å². The highest BCUT2D eigenvalue weighted by molar-refractivity contribution is 7.99. The number of hydrogen-bond acceptors (Lipinski definition) is 6. The van der Waals surface area contributed by atoms with Gasteiger partial charge in [0.25, 0.3) is 5.56 Å². The Morgan fingerprint density at radius 3 is 2.79 bits per heavy atom. The van der Waals surface area contributed by atoms with E-state index in [2.05, 4.69) is 17.4 Å². The van der Waals surface area contributed by atoms with Gasteiger partial charge in [-0.2, -0.15) is 0 Å². The molecule has 1 aliphatic rings. The third kappa shape index (κ3) is 5.08. The number of benzene rings is 1. The zero-order chi connectivity index (χ0) is 22.6. The highest BCUT2D eigenvalue weighted by Gasteiger charge is 2.22. The number of fused-ring (bicyclic) bond motifs is 3. The summed E-state index contributed by atoms with van der Waals surface area (Å²) in [4.78, 5) is 34.3. The molecule has 1 amide bonds. The number of amides is 1. The van der Waals surface area contributed by atoms with E-state index in [9.17, 15) is 9.59 Å². The summed E-state index contributed by atoms with van der Waals surface area (Å²) >= 11 is 4.63. The molecule has 3 heterocycles. The molecule has 0 saturated carbocycles. The maximum Gasteiger partial charge on any atom is 0.263 e. The van der Waals surface area contributed by atoms with Gasteiger partial charge in [-0.15, -0.1) is 22.7 Å². The van der Waals surface area contributed by atoms with Gasteiger partial charge in [0.2, 0.25) is 5.91 Å². The van der Waals surface area contributed by atoms with Crippen LogP contribution in [0.4, 0.5) is 0 Å². The van der Waals surface area contributed by atoms with Gasteiger partial charge in [-0.3, -0.25) is 14.2 Å². The molecule has 0 aliphatic heterocycles. The molecule has 0 radical (unpaired) electrons. The Balaban J connectivity index is 1.41. The van der Waals surface area contributed by atoms with Gasteiger partial charge in [-0.25, -0.2) is 4.98 Å². The monoisotopic (exact) mass is 495 g/mol. The minimum Gasteiger partial charge on any atom is -0.350 e. The second-order valence-electron chi connectivity index (χ2n) is 8.12. The molecule has 1 aromatic carbocycles. The van der Waals surface area contributed by atoms with Gasteiger partial charge in [0.1, 0.15) is 4.83 Å². The van der Waals surface area contributed by atoms with Crippen LogP contribution in [0.25, 0.3) is 10.2 Å². The third-order valence-electron chi connectivity index (χ3n) is 5.88. The Morgan fingerprint density at radius 1 is 1.12 bits per heavy atom. The van der Waals surface area contributed by atoms with E-state index in [0.717, 1.165) is 40.8 Å². The number of nitrogens with zero attached hydrogens (tertiary/aromatic N) is 2. The Morgan fingerprint density at radius 2 is 1.97 bits per heavy atom. The van der Waals surface area contributed by atoms with Crippen molar-refractivity contribution in [2.75, 3.05) is 5.75 Å². The Kier molecular flexibility index (Phi) is 6.94. The van der Waals surface area contributed by atoms with Gasteiger partial charge in [-0.05, 0) is 54.7 Å². The standard InChI is InChI=1S/C25H25N3O2S3/c29-21(26-15-18-9-6-14-31-18)16-32-25-27-23-22(19-10-4-5-11-20(19)33-23)24(30)28(25)13-12-17-7-2-1-3-8-17/h1-3,6-9,14H,4-5,10-13,15-16H2,(H,26,29). The van der Waals surface area contributed by atoms with Crippen molar-refractivity contribution in [2.45, 2.75) is 50.4 Å². The maximum absolute atomic E-state index is 13.6. The quantitative estimate of drug-likeness (QED) is 0.274. The number of nitrogens with one attached hydrogen (secondary N) is 1. The first-order valence-electron chi connectivity index (χ1n) is 11.2. The predicted octanol–water partition coefficient (Wildman–Crippen LogP) is 5.05. The largest absolute Gasteiger partial charge is 0.350 e. The van der Waals surface area contributed by atoms with Crippen LogP contribution in [0.2, 0.25) is 0 Å². The number of aromatic nitrogens is 2. The topological polar surface area (TPSA) is 64.0 Å². The van der Waals surface area contributed by atoms with E-state index in [1.54, 1.807) is 27.2 Å². The van der Waals surface area contributed by atoms with Crippen molar-refractivity contribution in [1.82, 2.24) is 14.9 Å². The van der Waals surface area contributed by atoms with Crippen LogP contribution in [-0.2, 0) is 37.1 Å². The van der Waals surface area contributed by atoms with Gasteiger partial charge in [0.15, 0.2) is 5.16 Å². The molecule has 170 valence electrons. The summed E-state index contributed by atoms with van der Waals surface area (Å²) in [6.45, 7) is 1.08. The maximum atomic E-state index is 13.6. The second-order valence-corrected chi connectivity index (χ2v) is 11.2. The van der Waals surface area contributed by atoms with Gasteiger partial charge in [-0.1, -0.05) is 48.2 Å². The predicted molar refractivity (Wildman–Crippen MR) is 138 cm³/mol. The molecule has 1 aliphatic carbocycles. The van der Waals surface area contributed by atoms with Crippen LogP contribution < -0.4 is 10.9 Å². The summed E-state index contributed by atoms with van der Waals surface area (Å²) in [5.74, 6) is 0.183. The average Bonchev–Trinajstić information content (AvgIpc) is 3.49. The van der Waals surface area contributed by atoms with E-state index < -0.39 is 0 Å². The first-order valence-corrected chi connectivity index (χ1v) is 13.9. The zero-order valence-electron chi connectivity index (χ0n) is 18.2. The van der Waals surface area contributed by atoms with Crippen molar-refractivity contribution in [2.24, 2.45) is 0 Å². The van der Waals surface area contributed by atoms with Crippen molar-refractivity contribution >= 4 is 50.6 Å². The molecule has 5 nitrogen and oxygen atoms in total. The number of carbonyl (C=O) groups excluding carboxylic acids is 1.